The molecule has 0 bridgehead atoms. The molecule has 0 saturated carbocycles. The summed E-state index contributed by atoms with van der Waals surface area (Å²) in [7, 11) is 0. The molecule has 2 N–H and O–H groups in total. The summed E-state index contributed by atoms with van der Waals surface area (Å²) < 4.78 is 2.20. The molecule has 0 aliphatic carbocycles. The zero-order valence-electron chi connectivity index (χ0n) is 10.5. The molecular formula is C12H16Br2N2O2S. The van der Waals surface area contributed by atoms with Crippen molar-refractivity contribution in [3.63, 3.8) is 0 Å². The Morgan fingerprint density at radius 1 is 1.37 bits per heavy atom. The third kappa shape index (κ3) is 4.89. The molecule has 1 rings (SSSR count). The van der Waals surface area contributed by atoms with E-state index in [2.05, 4.69) is 56.9 Å². The number of aromatic hydroxyl groups is 1. The average Bonchev–Trinajstić information content (AvgIpc) is 2.39. The predicted octanol–water partition coefficient (Wildman–Crippen LogP) is 4.47. The first-order valence-corrected chi connectivity index (χ1v) is 7.90. The lowest BCUT2D eigenvalue weighted by Crippen LogP contribution is -2.34. The van der Waals surface area contributed by atoms with Crippen LogP contribution in [0.4, 0.5) is 10.5 Å². The van der Waals surface area contributed by atoms with Crippen LogP contribution in [-0.2, 0) is 0 Å². The highest BCUT2D eigenvalue weighted by Crippen LogP contribution is 2.36. The third-order valence-corrected chi connectivity index (χ3v) is 4.12. The summed E-state index contributed by atoms with van der Waals surface area (Å²) in [6.07, 6.45) is 3.15. The third-order valence-electron chi connectivity index (χ3n) is 2.50. The van der Waals surface area contributed by atoms with Crippen molar-refractivity contribution in [1.29, 1.82) is 0 Å². The van der Waals surface area contributed by atoms with E-state index in [1.165, 1.54) is 4.31 Å². The number of carbonyl (C=O) groups excluding carboxylic acids is 1. The number of hydrogen-bond acceptors (Lipinski definition) is 3. The van der Waals surface area contributed by atoms with Crippen LogP contribution >= 0.6 is 44.7 Å². The largest absolute Gasteiger partial charge is 0.506 e. The molecule has 0 atom stereocenters. The quantitative estimate of drug-likeness (QED) is 0.494. The van der Waals surface area contributed by atoms with Gasteiger partial charge in [-0.2, -0.15) is 0 Å². The molecule has 4 nitrogen and oxygen atoms in total. The Kier molecular flexibility index (Phi) is 7.02. The van der Waals surface area contributed by atoms with E-state index in [4.69, 9.17) is 0 Å². The average molecular weight is 412 g/mol. The summed E-state index contributed by atoms with van der Waals surface area (Å²) in [5, 5.41) is 12.4. The Bertz CT molecular complexity index is 434. The topological polar surface area (TPSA) is 52.6 Å². The van der Waals surface area contributed by atoms with Gasteiger partial charge in [-0.05, 0) is 50.4 Å². The maximum absolute atomic E-state index is 11.9. The number of nitrogens with one attached hydrogen (secondary N) is 1. The molecule has 0 radical (unpaired) electrons. The van der Waals surface area contributed by atoms with Crippen LogP contribution in [0, 0.1) is 0 Å². The Morgan fingerprint density at radius 3 is 2.47 bits per heavy atom. The number of urea groups is 1. The highest BCUT2D eigenvalue weighted by atomic mass is 79.9. The number of carbonyl (C=O) groups is 1. The second kappa shape index (κ2) is 8.01. The lowest BCUT2D eigenvalue weighted by molar-refractivity contribution is 0.249. The van der Waals surface area contributed by atoms with Crippen molar-refractivity contribution in [2.24, 2.45) is 0 Å². The van der Waals surface area contributed by atoms with E-state index in [1.54, 1.807) is 12.1 Å². The molecule has 0 aliphatic heterocycles. The minimum atomic E-state index is -0.288. The SMILES string of the molecule is CCCCCNC(=O)N(S)c1cc(Br)c(O)c(Br)c1. The molecule has 0 fully saturated rings. The van der Waals surface area contributed by atoms with Crippen LogP contribution in [0.15, 0.2) is 21.1 Å². The molecule has 1 aromatic carbocycles. The van der Waals surface area contributed by atoms with Gasteiger partial charge in [-0.3, -0.25) is 0 Å². The van der Waals surface area contributed by atoms with Crippen LogP contribution in [0.3, 0.4) is 0 Å². The summed E-state index contributed by atoms with van der Waals surface area (Å²) >= 11 is 10.6. The second-order valence-corrected chi connectivity index (χ2v) is 6.12. The van der Waals surface area contributed by atoms with Crippen molar-refractivity contribution in [3.8, 4) is 5.75 Å². The lowest BCUT2D eigenvalue weighted by Gasteiger charge is -2.17. The summed E-state index contributed by atoms with van der Waals surface area (Å²) in [6, 6.07) is 2.96. The fourth-order valence-electron chi connectivity index (χ4n) is 1.44. The first-order chi connectivity index (χ1) is 8.97. The van der Waals surface area contributed by atoms with Crippen molar-refractivity contribution in [1.82, 2.24) is 5.32 Å². The highest BCUT2D eigenvalue weighted by Gasteiger charge is 2.14. The van der Waals surface area contributed by atoms with Crippen LogP contribution < -0.4 is 9.62 Å². The van der Waals surface area contributed by atoms with Gasteiger partial charge < -0.3 is 10.4 Å². The number of amides is 2. The Morgan fingerprint density at radius 2 is 1.95 bits per heavy atom. The Labute approximate surface area is 135 Å². The van der Waals surface area contributed by atoms with Crippen LogP contribution in [-0.4, -0.2) is 17.7 Å². The maximum atomic E-state index is 11.9. The van der Waals surface area contributed by atoms with Crippen molar-refractivity contribution in [3.05, 3.63) is 21.1 Å². The number of rotatable bonds is 5. The number of halogens is 2. The Balaban J connectivity index is 2.66. The lowest BCUT2D eigenvalue weighted by atomic mass is 10.2. The van der Waals surface area contributed by atoms with E-state index in [0.29, 0.717) is 21.2 Å². The minimum absolute atomic E-state index is 0.0915. The fourth-order valence-corrected chi connectivity index (χ4v) is 2.79. The fraction of sp³-hybridized carbons (Fsp3) is 0.417. The number of phenols is 1. The molecular weight excluding hydrogens is 396 g/mol. The molecule has 0 spiro atoms. The van der Waals surface area contributed by atoms with E-state index in [0.717, 1.165) is 19.3 Å². The van der Waals surface area contributed by atoms with Crippen molar-refractivity contribution in [2.75, 3.05) is 10.8 Å². The van der Waals surface area contributed by atoms with E-state index in [1.807, 2.05) is 0 Å². The molecule has 19 heavy (non-hydrogen) atoms. The number of hydrogen-bond donors (Lipinski definition) is 3. The van der Waals surface area contributed by atoms with E-state index >= 15 is 0 Å². The second-order valence-electron chi connectivity index (χ2n) is 4.01. The van der Waals surface area contributed by atoms with Crippen LogP contribution in [0.2, 0.25) is 0 Å². The first kappa shape index (κ1) is 16.7. The minimum Gasteiger partial charge on any atom is -0.506 e. The maximum Gasteiger partial charge on any atom is 0.331 e. The van der Waals surface area contributed by atoms with Gasteiger partial charge in [-0.15, -0.1) is 0 Å². The highest BCUT2D eigenvalue weighted by molar-refractivity contribution is 9.11. The van der Waals surface area contributed by atoms with Gasteiger partial charge in [0, 0.05) is 6.54 Å². The number of nitrogens with zero attached hydrogens (tertiary/aromatic N) is 1. The van der Waals surface area contributed by atoms with Crippen molar-refractivity contribution < 1.29 is 9.90 Å². The van der Waals surface area contributed by atoms with E-state index < -0.39 is 0 Å². The van der Waals surface area contributed by atoms with E-state index in [9.17, 15) is 9.90 Å². The zero-order valence-corrected chi connectivity index (χ0v) is 14.6. The monoisotopic (exact) mass is 410 g/mol. The predicted molar refractivity (Wildman–Crippen MR) is 87.9 cm³/mol. The van der Waals surface area contributed by atoms with Gasteiger partial charge in [0.1, 0.15) is 5.75 Å². The number of anilines is 1. The van der Waals surface area contributed by atoms with Gasteiger partial charge in [-0.1, -0.05) is 32.6 Å². The molecule has 0 saturated heterocycles. The normalized spacial score (nSPS) is 10.3. The summed E-state index contributed by atoms with van der Waals surface area (Å²) in [4.78, 5) is 11.9. The van der Waals surface area contributed by atoms with Gasteiger partial charge in [-0.25, -0.2) is 9.10 Å². The number of benzene rings is 1. The van der Waals surface area contributed by atoms with Gasteiger partial charge in [0.2, 0.25) is 0 Å². The standard InChI is InChI=1S/C12H16Br2N2O2S/c1-2-3-4-5-15-12(18)16(19)8-6-9(13)11(17)10(14)7-8/h6-7,17,19H,2-5H2,1H3,(H,15,18). The van der Waals surface area contributed by atoms with Gasteiger partial charge in [0.25, 0.3) is 0 Å². The number of unbranched alkanes of at least 4 members (excludes halogenated alkanes) is 2. The summed E-state index contributed by atoms with van der Waals surface area (Å²) in [5.74, 6) is 0.0915. The van der Waals surface area contributed by atoms with Gasteiger partial charge in [0.15, 0.2) is 0 Å². The van der Waals surface area contributed by atoms with E-state index in [-0.39, 0.29) is 11.8 Å². The van der Waals surface area contributed by atoms with Crippen LogP contribution in [0.1, 0.15) is 26.2 Å². The number of thiol groups is 1. The molecule has 0 aliphatic rings. The Hall–Kier alpha value is -0.400. The number of phenolic OH excluding ortho intramolecular Hbond substituents is 1. The molecule has 7 heteroatoms. The zero-order chi connectivity index (χ0) is 14.4. The molecule has 0 unspecified atom stereocenters. The summed E-state index contributed by atoms with van der Waals surface area (Å²) in [6.45, 7) is 2.74. The first-order valence-electron chi connectivity index (χ1n) is 5.92. The van der Waals surface area contributed by atoms with Gasteiger partial charge in [0.05, 0.1) is 14.6 Å². The van der Waals surface area contributed by atoms with Crippen molar-refractivity contribution >= 4 is 56.4 Å². The molecule has 1 aromatic rings. The summed E-state index contributed by atoms with van der Waals surface area (Å²) in [5.41, 5.74) is 0.563. The van der Waals surface area contributed by atoms with Crippen LogP contribution in [0.5, 0.6) is 5.75 Å². The molecule has 0 aromatic heterocycles. The van der Waals surface area contributed by atoms with Crippen LogP contribution in [0.25, 0.3) is 0 Å². The molecule has 106 valence electrons. The van der Waals surface area contributed by atoms with Gasteiger partial charge >= 0.3 is 6.03 Å². The molecule has 0 heterocycles. The smallest absolute Gasteiger partial charge is 0.331 e. The molecule has 2 amide bonds. The van der Waals surface area contributed by atoms with Crippen molar-refractivity contribution in [2.45, 2.75) is 26.2 Å².